The molecule has 0 aliphatic carbocycles. The van der Waals surface area contributed by atoms with Crippen LogP contribution in [-0.2, 0) is 7.05 Å². The first-order valence-electron chi connectivity index (χ1n) is 6.58. The van der Waals surface area contributed by atoms with Crippen LogP contribution >= 0.6 is 15.9 Å². The van der Waals surface area contributed by atoms with Crippen LogP contribution in [0, 0.1) is 0 Å². The summed E-state index contributed by atoms with van der Waals surface area (Å²) in [6.07, 6.45) is 0. The maximum Gasteiger partial charge on any atom is 0.151 e. The summed E-state index contributed by atoms with van der Waals surface area (Å²) in [4.78, 5) is 0. The van der Waals surface area contributed by atoms with Gasteiger partial charge in [0.2, 0.25) is 0 Å². The molecule has 0 radical (unpaired) electrons. The van der Waals surface area contributed by atoms with E-state index >= 15 is 0 Å². The van der Waals surface area contributed by atoms with E-state index in [1.807, 2.05) is 66.2 Å². The Hall–Kier alpha value is -2.20. The summed E-state index contributed by atoms with van der Waals surface area (Å²) in [6, 6.07) is 17.5. The Labute approximate surface area is 131 Å². The molecule has 2 aromatic carbocycles. The van der Waals surface area contributed by atoms with Crippen molar-refractivity contribution in [1.82, 2.24) is 4.57 Å². The van der Waals surface area contributed by atoms with Gasteiger partial charge in [-0.15, -0.1) is 0 Å². The normalized spacial score (nSPS) is 10.8. The Morgan fingerprint density at radius 1 is 1.00 bits per heavy atom. The summed E-state index contributed by atoms with van der Waals surface area (Å²) < 4.78 is 2.77. The van der Waals surface area contributed by atoms with Gasteiger partial charge in [0, 0.05) is 17.1 Å². The van der Waals surface area contributed by atoms with E-state index in [0.717, 1.165) is 21.3 Å². The zero-order chi connectivity index (χ0) is 15.0. The highest BCUT2D eigenvalue weighted by molar-refractivity contribution is 9.10. The third-order valence-corrected chi connectivity index (χ3v) is 4.07. The van der Waals surface area contributed by atoms with Crippen molar-refractivity contribution in [2.24, 2.45) is 7.05 Å². The molecule has 0 aliphatic rings. The average molecular weight is 343 g/mol. The van der Waals surface area contributed by atoms with Crippen LogP contribution in [0.2, 0.25) is 0 Å². The topological polar surface area (TPSA) is 51.2 Å². The number of benzene rings is 2. The Bertz CT molecular complexity index is 794. The van der Waals surface area contributed by atoms with Gasteiger partial charge in [0.1, 0.15) is 5.82 Å². The van der Waals surface area contributed by atoms with Crippen molar-refractivity contribution in [2.45, 2.75) is 0 Å². The molecule has 4 heteroatoms. The fourth-order valence-corrected chi connectivity index (χ4v) is 2.94. The first-order chi connectivity index (χ1) is 10.1. The molecule has 21 heavy (non-hydrogen) atoms. The quantitative estimate of drug-likeness (QED) is 0.724. The monoisotopic (exact) mass is 342 g/mol. The van der Waals surface area contributed by atoms with Gasteiger partial charge in [-0.3, -0.25) is 0 Å². The van der Waals surface area contributed by atoms with Crippen LogP contribution in [0.4, 0.5) is 5.82 Å². The molecule has 0 unspecified atom stereocenters. The standard InChI is InChI=1S/C17H15BrN2O/c1-20-15(11-6-3-2-4-7-11)16(21)14(17(20)19)12-8-5-9-13(18)10-12/h2-10,21H,19H2,1H3. The third-order valence-electron chi connectivity index (χ3n) is 3.57. The molecule has 0 bridgehead atoms. The fourth-order valence-electron chi connectivity index (χ4n) is 2.54. The molecule has 106 valence electrons. The van der Waals surface area contributed by atoms with Crippen LogP contribution in [-0.4, -0.2) is 9.67 Å². The van der Waals surface area contributed by atoms with Gasteiger partial charge in [0.25, 0.3) is 0 Å². The lowest BCUT2D eigenvalue weighted by Gasteiger charge is -2.04. The van der Waals surface area contributed by atoms with Crippen molar-refractivity contribution in [1.29, 1.82) is 0 Å². The number of nitrogens with two attached hydrogens (primary N) is 1. The smallest absolute Gasteiger partial charge is 0.151 e. The second-order valence-electron chi connectivity index (χ2n) is 4.89. The number of aromatic nitrogens is 1. The molecule has 0 saturated heterocycles. The number of nitrogens with zero attached hydrogens (tertiary/aromatic N) is 1. The van der Waals surface area contributed by atoms with E-state index in [2.05, 4.69) is 15.9 Å². The van der Waals surface area contributed by atoms with Crippen LogP contribution in [0.3, 0.4) is 0 Å². The lowest BCUT2D eigenvalue weighted by Crippen LogP contribution is -1.98. The molecule has 0 spiro atoms. The number of aromatic hydroxyl groups is 1. The summed E-state index contributed by atoms with van der Waals surface area (Å²) >= 11 is 3.45. The first-order valence-corrected chi connectivity index (χ1v) is 7.37. The van der Waals surface area contributed by atoms with E-state index < -0.39 is 0 Å². The average Bonchev–Trinajstić information content (AvgIpc) is 2.70. The van der Waals surface area contributed by atoms with Crippen molar-refractivity contribution in [2.75, 3.05) is 5.73 Å². The van der Waals surface area contributed by atoms with Crippen LogP contribution in [0.5, 0.6) is 5.75 Å². The molecule has 0 aliphatic heterocycles. The lowest BCUT2D eigenvalue weighted by molar-refractivity contribution is 0.479. The maximum absolute atomic E-state index is 10.7. The second kappa shape index (κ2) is 5.30. The Morgan fingerprint density at radius 2 is 1.67 bits per heavy atom. The van der Waals surface area contributed by atoms with Crippen molar-refractivity contribution < 1.29 is 5.11 Å². The summed E-state index contributed by atoms with van der Waals surface area (Å²) in [5.41, 5.74) is 9.42. The molecule has 1 aromatic heterocycles. The minimum Gasteiger partial charge on any atom is -0.505 e. The van der Waals surface area contributed by atoms with E-state index in [-0.39, 0.29) is 5.75 Å². The predicted molar refractivity (Wildman–Crippen MR) is 90.1 cm³/mol. The van der Waals surface area contributed by atoms with Gasteiger partial charge in [-0.2, -0.15) is 0 Å². The number of hydrogen-bond acceptors (Lipinski definition) is 2. The summed E-state index contributed by atoms with van der Waals surface area (Å²) in [5.74, 6) is 0.753. The van der Waals surface area contributed by atoms with E-state index in [0.29, 0.717) is 11.4 Å². The molecule has 3 N–H and O–H groups in total. The highest BCUT2D eigenvalue weighted by Crippen LogP contribution is 2.44. The van der Waals surface area contributed by atoms with Crippen molar-refractivity contribution in [3.8, 4) is 28.1 Å². The van der Waals surface area contributed by atoms with Crippen molar-refractivity contribution in [3.63, 3.8) is 0 Å². The number of anilines is 1. The summed E-state index contributed by atoms with van der Waals surface area (Å²) in [6.45, 7) is 0. The van der Waals surface area contributed by atoms with Crippen molar-refractivity contribution in [3.05, 3.63) is 59.1 Å². The summed E-state index contributed by atoms with van der Waals surface area (Å²) in [7, 11) is 1.86. The zero-order valence-electron chi connectivity index (χ0n) is 11.5. The van der Waals surface area contributed by atoms with Gasteiger partial charge >= 0.3 is 0 Å². The van der Waals surface area contributed by atoms with Gasteiger partial charge in [0.15, 0.2) is 5.75 Å². The van der Waals surface area contributed by atoms with Crippen LogP contribution < -0.4 is 5.73 Å². The molecule has 3 aromatic rings. The molecular weight excluding hydrogens is 328 g/mol. The lowest BCUT2D eigenvalue weighted by atomic mass is 10.1. The first kappa shape index (κ1) is 13.8. The number of nitrogen functional groups attached to an aromatic ring is 1. The van der Waals surface area contributed by atoms with Gasteiger partial charge in [0.05, 0.1) is 11.3 Å². The zero-order valence-corrected chi connectivity index (χ0v) is 13.1. The van der Waals surface area contributed by atoms with Gasteiger partial charge in [-0.1, -0.05) is 58.4 Å². The SMILES string of the molecule is Cn1c(N)c(-c2cccc(Br)c2)c(O)c1-c1ccccc1. The van der Waals surface area contributed by atoms with Crippen molar-refractivity contribution >= 4 is 21.7 Å². The fraction of sp³-hybridized carbons (Fsp3) is 0.0588. The van der Waals surface area contributed by atoms with E-state index in [1.165, 1.54) is 0 Å². The third kappa shape index (κ3) is 2.32. The van der Waals surface area contributed by atoms with E-state index in [1.54, 1.807) is 0 Å². The molecule has 0 saturated carbocycles. The molecule has 3 nitrogen and oxygen atoms in total. The van der Waals surface area contributed by atoms with E-state index in [9.17, 15) is 5.11 Å². The highest BCUT2D eigenvalue weighted by atomic mass is 79.9. The van der Waals surface area contributed by atoms with Crippen LogP contribution in [0.15, 0.2) is 59.1 Å². The largest absolute Gasteiger partial charge is 0.505 e. The Kier molecular flexibility index (Phi) is 3.47. The minimum absolute atomic E-state index is 0.208. The Morgan fingerprint density at radius 3 is 2.33 bits per heavy atom. The molecule has 0 fully saturated rings. The van der Waals surface area contributed by atoms with Crippen LogP contribution in [0.1, 0.15) is 0 Å². The van der Waals surface area contributed by atoms with Gasteiger partial charge in [-0.05, 0) is 17.7 Å². The maximum atomic E-state index is 10.7. The minimum atomic E-state index is 0.208. The van der Waals surface area contributed by atoms with Gasteiger partial charge < -0.3 is 15.4 Å². The second-order valence-corrected chi connectivity index (χ2v) is 5.81. The molecular formula is C17H15BrN2O. The Balaban J connectivity index is 2.25. The van der Waals surface area contributed by atoms with Crippen LogP contribution in [0.25, 0.3) is 22.4 Å². The van der Waals surface area contributed by atoms with Gasteiger partial charge in [-0.25, -0.2) is 0 Å². The highest BCUT2D eigenvalue weighted by Gasteiger charge is 2.21. The van der Waals surface area contributed by atoms with E-state index in [4.69, 9.17) is 5.73 Å². The molecule has 0 amide bonds. The molecule has 3 rings (SSSR count). The number of rotatable bonds is 2. The molecule has 1 heterocycles. The number of hydrogen-bond donors (Lipinski definition) is 2. The number of halogens is 1. The predicted octanol–water partition coefficient (Wildman–Crippen LogP) is 4.41. The molecule has 0 atom stereocenters. The summed E-state index contributed by atoms with van der Waals surface area (Å²) in [5, 5.41) is 10.7.